The Hall–Kier alpha value is -2.38. The number of carboxylic acids is 1. The molecule has 0 fully saturated rings. The number of rotatable bonds is 6. The van der Waals surface area contributed by atoms with E-state index in [0.29, 0.717) is 0 Å². The summed E-state index contributed by atoms with van der Waals surface area (Å²) in [5.74, 6) is -0.348. The summed E-state index contributed by atoms with van der Waals surface area (Å²) in [6.45, 7) is 3.96. The van der Waals surface area contributed by atoms with E-state index in [1.807, 2.05) is 19.9 Å². The van der Waals surface area contributed by atoms with Gasteiger partial charge in [-0.05, 0) is 60.9 Å². The van der Waals surface area contributed by atoms with Crippen molar-refractivity contribution in [3.63, 3.8) is 0 Å². The summed E-state index contributed by atoms with van der Waals surface area (Å²) in [5.41, 5.74) is 2.80. The third-order valence-electron chi connectivity index (χ3n) is 3.93. The highest BCUT2D eigenvalue weighted by molar-refractivity contribution is 7.89. The van der Waals surface area contributed by atoms with Crippen LogP contribution in [0.4, 0.5) is 0 Å². The summed E-state index contributed by atoms with van der Waals surface area (Å²) in [5, 5.41) is 8.85. The number of ether oxygens (including phenoxy) is 1. The minimum absolute atomic E-state index is 0.0235. The molecule has 0 radical (unpaired) electrons. The fourth-order valence-electron chi connectivity index (χ4n) is 2.30. The molecule has 0 unspecified atom stereocenters. The van der Waals surface area contributed by atoms with E-state index in [-0.39, 0.29) is 17.0 Å². The second-order valence-electron chi connectivity index (χ2n) is 5.33. The molecule has 24 heavy (non-hydrogen) atoms. The summed E-state index contributed by atoms with van der Waals surface area (Å²) >= 11 is 0. The lowest BCUT2D eigenvalue weighted by Crippen LogP contribution is -2.23. The molecule has 128 valence electrons. The Morgan fingerprint density at radius 1 is 1.08 bits per heavy atom. The van der Waals surface area contributed by atoms with E-state index in [4.69, 9.17) is 9.84 Å². The average molecular weight is 349 g/mol. The average Bonchev–Trinajstić information content (AvgIpc) is 2.56. The van der Waals surface area contributed by atoms with Gasteiger partial charge in [0.1, 0.15) is 5.75 Å². The van der Waals surface area contributed by atoms with Crippen LogP contribution in [0.15, 0.2) is 41.3 Å². The maximum atomic E-state index is 12.3. The number of hydrogen-bond donors (Lipinski definition) is 2. The number of methoxy groups -OCH3 is 1. The second kappa shape index (κ2) is 7.02. The molecule has 0 heterocycles. The van der Waals surface area contributed by atoms with Crippen LogP contribution in [0, 0.1) is 13.8 Å². The predicted molar refractivity (Wildman–Crippen MR) is 89.9 cm³/mol. The van der Waals surface area contributed by atoms with Crippen LogP contribution in [0.2, 0.25) is 0 Å². The molecule has 0 aliphatic rings. The van der Waals surface area contributed by atoms with E-state index in [9.17, 15) is 13.2 Å². The van der Waals surface area contributed by atoms with Crippen LogP contribution in [-0.4, -0.2) is 26.6 Å². The van der Waals surface area contributed by atoms with Gasteiger partial charge in [-0.15, -0.1) is 0 Å². The molecular weight excluding hydrogens is 330 g/mol. The summed E-state index contributed by atoms with van der Waals surface area (Å²) < 4.78 is 32.4. The van der Waals surface area contributed by atoms with Gasteiger partial charge < -0.3 is 9.84 Å². The van der Waals surface area contributed by atoms with Crippen LogP contribution in [0.3, 0.4) is 0 Å². The number of aromatic carboxylic acids is 1. The Balaban J connectivity index is 2.18. The molecule has 2 rings (SSSR count). The smallest absolute Gasteiger partial charge is 0.335 e. The van der Waals surface area contributed by atoms with E-state index in [2.05, 4.69) is 4.72 Å². The molecule has 2 aromatic rings. The van der Waals surface area contributed by atoms with Crippen molar-refractivity contribution in [1.82, 2.24) is 4.72 Å². The number of carbonyl (C=O) groups is 1. The number of nitrogens with one attached hydrogen (secondary N) is 1. The van der Waals surface area contributed by atoms with E-state index < -0.39 is 16.0 Å². The largest absolute Gasteiger partial charge is 0.496 e. The summed E-state index contributed by atoms with van der Waals surface area (Å²) in [6.07, 6.45) is 0. The Labute approximate surface area is 141 Å². The van der Waals surface area contributed by atoms with Crippen LogP contribution >= 0.6 is 0 Å². The van der Waals surface area contributed by atoms with Crippen LogP contribution in [0.1, 0.15) is 27.0 Å². The minimum atomic E-state index is -3.72. The predicted octanol–water partition coefficient (Wildman–Crippen LogP) is 2.49. The van der Waals surface area contributed by atoms with Gasteiger partial charge in [0.15, 0.2) is 0 Å². The zero-order valence-corrected chi connectivity index (χ0v) is 14.5. The molecule has 2 aromatic carbocycles. The molecule has 2 N–H and O–H groups in total. The highest BCUT2D eigenvalue weighted by Crippen LogP contribution is 2.24. The van der Waals surface area contributed by atoms with Crippen molar-refractivity contribution in [2.45, 2.75) is 25.3 Å². The van der Waals surface area contributed by atoms with E-state index in [0.717, 1.165) is 22.4 Å². The first-order valence-corrected chi connectivity index (χ1v) is 8.70. The van der Waals surface area contributed by atoms with E-state index in [1.165, 1.54) is 24.3 Å². The monoisotopic (exact) mass is 349 g/mol. The molecule has 0 saturated carbocycles. The fraction of sp³-hybridized carbons (Fsp3) is 0.235. The normalized spacial score (nSPS) is 11.3. The zero-order chi connectivity index (χ0) is 17.9. The Bertz CT molecular complexity index is 857. The third-order valence-corrected chi connectivity index (χ3v) is 5.35. The number of hydrogen-bond acceptors (Lipinski definition) is 4. The van der Waals surface area contributed by atoms with E-state index >= 15 is 0 Å². The molecule has 0 saturated heterocycles. The summed E-state index contributed by atoms with van der Waals surface area (Å²) in [6, 6.07) is 8.69. The minimum Gasteiger partial charge on any atom is -0.496 e. The van der Waals surface area contributed by atoms with Gasteiger partial charge in [-0.25, -0.2) is 17.9 Å². The molecule has 0 aromatic heterocycles. The van der Waals surface area contributed by atoms with Gasteiger partial charge in [0.25, 0.3) is 0 Å². The fourth-order valence-corrected chi connectivity index (χ4v) is 3.30. The van der Waals surface area contributed by atoms with Crippen molar-refractivity contribution >= 4 is 16.0 Å². The van der Waals surface area contributed by atoms with Gasteiger partial charge in [-0.3, -0.25) is 0 Å². The van der Waals surface area contributed by atoms with Gasteiger partial charge >= 0.3 is 5.97 Å². The number of carboxylic acid groups (broad SMARTS) is 1. The van der Waals surface area contributed by atoms with Crippen molar-refractivity contribution in [2.24, 2.45) is 0 Å². The Morgan fingerprint density at radius 2 is 1.71 bits per heavy atom. The highest BCUT2D eigenvalue weighted by atomic mass is 32.2. The van der Waals surface area contributed by atoms with Gasteiger partial charge in [-0.2, -0.15) is 0 Å². The highest BCUT2D eigenvalue weighted by Gasteiger charge is 2.16. The molecule has 0 atom stereocenters. The topological polar surface area (TPSA) is 92.7 Å². The summed E-state index contributed by atoms with van der Waals surface area (Å²) in [7, 11) is -2.13. The standard InChI is InChI=1S/C17H19NO5S/c1-11-12(2)16(23-3)9-6-14(11)10-18-24(21,22)15-7-4-13(5-8-15)17(19)20/h4-9,18H,10H2,1-3H3,(H,19,20). The lowest BCUT2D eigenvalue weighted by molar-refractivity contribution is 0.0696. The third kappa shape index (κ3) is 3.74. The molecule has 0 amide bonds. The Kier molecular flexibility index (Phi) is 5.26. The van der Waals surface area contributed by atoms with Crippen LogP contribution in [0.25, 0.3) is 0 Å². The number of benzene rings is 2. The van der Waals surface area contributed by atoms with E-state index in [1.54, 1.807) is 13.2 Å². The molecular formula is C17H19NO5S. The maximum absolute atomic E-state index is 12.3. The summed E-state index contributed by atoms with van der Waals surface area (Å²) in [4.78, 5) is 10.8. The zero-order valence-electron chi connectivity index (χ0n) is 13.7. The number of sulfonamides is 1. The molecule has 0 aliphatic carbocycles. The van der Waals surface area contributed by atoms with Crippen LogP contribution < -0.4 is 9.46 Å². The van der Waals surface area contributed by atoms with Gasteiger partial charge in [0, 0.05) is 6.54 Å². The lowest BCUT2D eigenvalue weighted by atomic mass is 10.0. The SMILES string of the molecule is COc1ccc(CNS(=O)(=O)c2ccc(C(=O)O)cc2)c(C)c1C. The lowest BCUT2D eigenvalue weighted by Gasteiger charge is -2.13. The van der Waals surface area contributed by atoms with Crippen molar-refractivity contribution in [1.29, 1.82) is 0 Å². The molecule has 0 bridgehead atoms. The van der Waals surface area contributed by atoms with Crippen LogP contribution in [0.5, 0.6) is 5.75 Å². The van der Waals surface area contributed by atoms with Gasteiger partial charge in [-0.1, -0.05) is 6.07 Å². The van der Waals surface area contributed by atoms with Crippen molar-refractivity contribution in [3.05, 3.63) is 58.7 Å². The van der Waals surface area contributed by atoms with Gasteiger partial charge in [0.05, 0.1) is 17.6 Å². The molecule has 7 heteroatoms. The molecule has 6 nitrogen and oxygen atoms in total. The van der Waals surface area contributed by atoms with Crippen molar-refractivity contribution < 1.29 is 23.1 Å². The second-order valence-corrected chi connectivity index (χ2v) is 7.10. The Morgan fingerprint density at radius 3 is 2.25 bits per heavy atom. The van der Waals surface area contributed by atoms with Crippen molar-refractivity contribution in [2.75, 3.05) is 7.11 Å². The first kappa shape index (κ1) is 18.0. The van der Waals surface area contributed by atoms with Crippen LogP contribution in [-0.2, 0) is 16.6 Å². The molecule has 0 spiro atoms. The first-order chi connectivity index (χ1) is 11.3. The quantitative estimate of drug-likeness (QED) is 0.836. The van der Waals surface area contributed by atoms with Gasteiger partial charge in [0.2, 0.25) is 10.0 Å². The first-order valence-electron chi connectivity index (χ1n) is 7.22. The maximum Gasteiger partial charge on any atom is 0.335 e. The van der Waals surface area contributed by atoms with Crippen molar-refractivity contribution in [3.8, 4) is 5.75 Å². The molecule has 0 aliphatic heterocycles.